The van der Waals surface area contributed by atoms with Gasteiger partial charge in [-0.3, -0.25) is 0 Å². The molecule has 0 aliphatic heterocycles. The van der Waals surface area contributed by atoms with Crippen molar-refractivity contribution < 1.29 is 0 Å². The summed E-state index contributed by atoms with van der Waals surface area (Å²) in [6, 6.07) is 8.86. The third-order valence-electron chi connectivity index (χ3n) is 3.23. The molecule has 0 spiro atoms. The number of nitrogens with one attached hydrogen (secondary N) is 1. The molecule has 1 heterocycles. The van der Waals surface area contributed by atoms with Crippen LogP contribution in [0.1, 0.15) is 37.6 Å². The van der Waals surface area contributed by atoms with E-state index < -0.39 is 0 Å². The van der Waals surface area contributed by atoms with Gasteiger partial charge < -0.3 is 9.88 Å². The van der Waals surface area contributed by atoms with Crippen LogP contribution in [0.3, 0.4) is 0 Å². The van der Waals surface area contributed by atoms with E-state index in [1.54, 1.807) is 0 Å². The molecule has 2 rings (SSSR count). The van der Waals surface area contributed by atoms with Crippen LogP contribution < -0.4 is 5.32 Å². The first kappa shape index (κ1) is 13.8. The fourth-order valence-electron chi connectivity index (χ4n) is 2.09. The van der Waals surface area contributed by atoms with Gasteiger partial charge in [0.05, 0.1) is 12.0 Å². The Bertz CT molecular complexity index is 518. The highest BCUT2D eigenvalue weighted by Crippen LogP contribution is 2.22. The molecule has 19 heavy (non-hydrogen) atoms. The first-order chi connectivity index (χ1) is 8.99. The van der Waals surface area contributed by atoms with Crippen LogP contribution in [0.2, 0.25) is 0 Å². The Morgan fingerprint density at radius 1 is 1.16 bits per heavy atom. The molecule has 3 heteroatoms. The third-order valence-corrected chi connectivity index (χ3v) is 3.23. The van der Waals surface area contributed by atoms with Gasteiger partial charge in [0.2, 0.25) is 0 Å². The molecule has 102 valence electrons. The van der Waals surface area contributed by atoms with Crippen molar-refractivity contribution in [1.82, 2.24) is 14.9 Å². The summed E-state index contributed by atoms with van der Waals surface area (Å²) >= 11 is 0. The number of rotatable bonds is 4. The minimum absolute atomic E-state index is 0.216. The van der Waals surface area contributed by atoms with E-state index in [-0.39, 0.29) is 5.41 Å². The first-order valence-electron chi connectivity index (χ1n) is 6.74. The summed E-state index contributed by atoms with van der Waals surface area (Å²) in [5, 5.41) is 3.11. The van der Waals surface area contributed by atoms with Crippen molar-refractivity contribution in [2.24, 2.45) is 0 Å². The zero-order valence-electron chi connectivity index (χ0n) is 12.3. The lowest BCUT2D eigenvalue weighted by molar-refractivity contribution is 0.589. The summed E-state index contributed by atoms with van der Waals surface area (Å²) in [4.78, 5) is 4.36. The highest BCUT2D eigenvalue weighted by Gasteiger charge is 2.12. The summed E-state index contributed by atoms with van der Waals surface area (Å²) in [5.41, 5.74) is 3.97. The van der Waals surface area contributed by atoms with Gasteiger partial charge in [-0.1, -0.05) is 45.0 Å². The topological polar surface area (TPSA) is 29.9 Å². The monoisotopic (exact) mass is 257 g/mol. The van der Waals surface area contributed by atoms with E-state index >= 15 is 0 Å². The average Bonchev–Trinajstić information content (AvgIpc) is 2.77. The van der Waals surface area contributed by atoms with Gasteiger partial charge >= 0.3 is 0 Å². The normalized spacial score (nSPS) is 11.8. The Morgan fingerprint density at radius 3 is 2.42 bits per heavy atom. The van der Waals surface area contributed by atoms with Crippen LogP contribution in [0, 0.1) is 0 Å². The summed E-state index contributed by atoms with van der Waals surface area (Å²) in [6.07, 6.45) is 3.98. The van der Waals surface area contributed by atoms with E-state index in [1.165, 1.54) is 11.1 Å². The molecule has 1 aromatic heterocycles. The van der Waals surface area contributed by atoms with Gasteiger partial charge in [-0.25, -0.2) is 4.98 Å². The maximum Gasteiger partial charge on any atom is 0.0953 e. The van der Waals surface area contributed by atoms with Gasteiger partial charge in [0.25, 0.3) is 0 Å². The van der Waals surface area contributed by atoms with Crippen LogP contribution >= 0.6 is 0 Å². The van der Waals surface area contributed by atoms with Crippen molar-refractivity contribution in [2.75, 3.05) is 7.05 Å². The Labute approximate surface area is 115 Å². The molecular weight excluding hydrogens is 234 g/mol. The van der Waals surface area contributed by atoms with Crippen molar-refractivity contribution in [3.8, 4) is 0 Å². The van der Waals surface area contributed by atoms with Crippen LogP contribution in [0.5, 0.6) is 0 Å². The molecule has 0 radical (unpaired) electrons. The van der Waals surface area contributed by atoms with Gasteiger partial charge in [-0.15, -0.1) is 0 Å². The fourth-order valence-corrected chi connectivity index (χ4v) is 2.09. The molecule has 0 atom stereocenters. The van der Waals surface area contributed by atoms with E-state index in [1.807, 2.05) is 13.4 Å². The molecule has 0 amide bonds. The van der Waals surface area contributed by atoms with Gasteiger partial charge in [0.1, 0.15) is 0 Å². The predicted octanol–water partition coefficient (Wildman–Crippen LogP) is 2.95. The van der Waals surface area contributed by atoms with Gasteiger partial charge in [0, 0.05) is 19.3 Å². The first-order valence-corrected chi connectivity index (χ1v) is 6.74. The number of nitrogens with zero attached hydrogens (tertiary/aromatic N) is 2. The van der Waals surface area contributed by atoms with Crippen LogP contribution in [-0.2, 0) is 18.5 Å². The van der Waals surface area contributed by atoms with Crippen LogP contribution in [0.25, 0.3) is 0 Å². The molecule has 0 saturated heterocycles. The molecule has 0 bridgehead atoms. The van der Waals surface area contributed by atoms with Crippen molar-refractivity contribution in [3.05, 3.63) is 53.6 Å². The second-order valence-corrected chi connectivity index (χ2v) is 6.01. The fraction of sp³-hybridized carbons (Fsp3) is 0.438. The maximum absolute atomic E-state index is 4.36. The minimum Gasteiger partial charge on any atom is -0.333 e. The Hall–Kier alpha value is -1.61. The van der Waals surface area contributed by atoms with Gasteiger partial charge in [0.15, 0.2) is 0 Å². The van der Waals surface area contributed by atoms with E-state index in [0.717, 1.165) is 18.8 Å². The summed E-state index contributed by atoms with van der Waals surface area (Å²) in [5.74, 6) is 0. The summed E-state index contributed by atoms with van der Waals surface area (Å²) < 4.78 is 2.12. The number of benzene rings is 1. The second kappa shape index (κ2) is 5.57. The molecule has 0 aliphatic carbocycles. The SMILES string of the molecule is CNCc1cn(Cc2ccc(C(C)(C)C)cc2)cn1. The van der Waals surface area contributed by atoms with Crippen molar-refractivity contribution in [2.45, 2.75) is 39.3 Å². The smallest absolute Gasteiger partial charge is 0.0953 e. The quantitative estimate of drug-likeness (QED) is 0.912. The van der Waals surface area contributed by atoms with Crippen molar-refractivity contribution in [3.63, 3.8) is 0 Å². The molecule has 0 unspecified atom stereocenters. The van der Waals surface area contributed by atoms with E-state index in [9.17, 15) is 0 Å². The molecule has 0 fully saturated rings. The second-order valence-electron chi connectivity index (χ2n) is 6.01. The predicted molar refractivity (Wildman–Crippen MR) is 79.2 cm³/mol. The third kappa shape index (κ3) is 3.67. The Balaban J connectivity index is 2.06. The largest absolute Gasteiger partial charge is 0.333 e. The number of hydrogen-bond donors (Lipinski definition) is 1. The zero-order valence-corrected chi connectivity index (χ0v) is 12.3. The van der Waals surface area contributed by atoms with E-state index in [0.29, 0.717) is 0 Å². The highest BCUT2D eigenvalue weighted by atomic mass is 15.0. The molecular formula is C16H23N3. The molecule has 2 aromatic rings. The lowest BCUT2D eigenvalue weighted by atomic mass is 9.87. The van der Waals surface area contributed by atoms with Gasteiger partial charge in [-0.05, 0) is 23.6 Å². The van der Waals surface area contributed by atoms with Crippen LogP contribution in [0.4, 0.5) is 0 Å². The van der Waals surface area contributed by atoms with E-state index in [2.05, 4.69) is 66.1 Å². The summed E-state index contributed by atoms with van der Waals surface area (Å²) in [6.45, 7) is 8.41. The standard InChI is InChI=1S/C16H23N3/c1-16(2,3)14-7-5-13(6-8-14)10-19-11-15(9-17-4)18-12-19/h5-8,11-12,17H,9-10H2,1-4H3. The molecule has 0 aliphatic rings. The Morgan fingerprint density at radius 2 is 1.84 bits per heavy atom. The maximum atomic E-state index is 4.36. The molecule has 3 nitrogen and oxygen atoms in total. The van der Waals surface area contributed by atoms with E-state index in [4.69, 9.17) is 0 Å². The zero-order chi connectivity index (χ0) is 13.9. The highest BCUT2D eigenvalue weighted by molar-refractivity contribution is 5.27. The lowest BCUT2D eigenvalue weighted by Gasteiger charge is -2.19. The number of aromatic nitrogens is 2. The molecule has 1 N–H and O–H groups in total. The Kier molecular flexibility index (Phi) is 4.05. The molecule has 0 saturated carbocycles. The van der Waals surface area contributed by atoms with Crippen LogP contribution in [0.15, 0.2) is 36.8 Å². The number of hydrogen-bond acceptors (Lipinski definition) is 2. The molecule has 1 aromatic carbocycles. The lowest BCUT2D eigenvalue weighted by Crippen LogP contribution is -2.10. The van der Waals surface area contributed by atoms with Crippen LogP contribution in [-0.4, -0.2) is 16.6 Å². The summed E-state index contributed by atoms with van der Waals surface area (Å²) in [7, 11) is 1.93. The minimum atomic E-state index is 0.216. The average molecular weight is 257 g/mol. The van der Waals surface area contributed by atoms with Gasteiger partial charge in [-0.2, -0.15) is 0 Å². The van der Waals surface area contributed by atoms with Crippen molar-refractivity contribution in [1.29, 1.82) is 0 Å². The van der Waals surface area contributed by atoms with Crippen molar-refractivity contribution >= 4 is 0 Å². The number of imidazole rings is 1.